The zero-order valence-corrected chi connectivity index (χ0v) is 17.7. The molecule has 8 heteroatoms. The molecule has 29 heavy (non-hydrogen) atoms. The Balaban J connectivity index is 2.09. The summed E-state index contributed by atoms with van der Waals surface area (Å²) in [7, 11) is 0. The lowest BCUT2D eigenvalue weighted by Crippen LogP contribution is -2.52. The number of aryl methyl sites for hydroxylation is 1. The van der Waals surface area contributed by atoms with Crippen LogP contribution in [0.2, 0.25) is 0 Å². The number of nitrogens with zero attached hydrogens (tertiary/aromatic N) is 1. The van der Waals surface area contributed by atoms with Crippen molar-refractivity contribution in [3.05, 3.63) is 22.5 Å². The minimum atomic E-state index is -1.08. The molecule has 158 valence electrons. The van der Waals surface area contributed by atoms with Gasteiger partial charge in [-0.1, -0.05) is 19.3 Å². The minimum Gasteiger partial charge on any atom is -0.459 e. The standard InChI is InChI=1S/C21H29N3O5/c1-12(2)28-19(26)16-13(3)17(23-14(16)4)20(27)29-15(5)18(25)24-21(11-22)9-7-6-8-10-21/h12,15,23H,6-10H2,1-5H3,(H,24,25)/t15-/m1/s1. The van der Waals surface area contributed by atoms with Crippen molar-refractivity contribution in [3.8, 4) is 6.07 Å². The Bertz CT molecular complexity index is 828. The molecule has 1 aliphatic carbocycles. The Kier molecular flexibility index (Phi) is 7.07. The molecule has 1 heterocycles. The number of ether oxygens (including phenoxy) is 2. The van der Waals surface area contributed by atoms with Crippen molar-refractivity contribution in [2.24, 2.45) is 0 Å². The fourth-order valence-corrected chi connectivity index (χ4v) is 3.56. The number of aromatic amines is 1. The fraction of sp³-hybridized carbons (Fsp3) is 0.619. The van der Waals surface area contributed by atoms with Crippen LogP contribution in [0.25, 0.3) is 0 Å². The van der Waals surface area contributed by atoms with E-state index in [2.05, 4.69) is 16.4 Å². The van der Waals surface area contributed by atoms with Crippen LogP contribution >= 0.6 is 0 Å². The predicted octanol–water partition coefficient (Wildman–Crippen LogP) is 3.08. The average Bonchev–Trinajstić information content (AvgIpc) is 2.96. The molecule has 1 aromatic heterocycles. The van der Waals surface area contributed by atoms with Gasteiger partial charge >= 0.3 is 11.9 Å². The smallest absolute Gasteiger partial charge is 0.355 e. The van der Waals surface area contributed by atoms with Gasteiger partial charge in [0.05, 0.1) is 17.7 Å². The first-order valence-corrected chi connectivity index (χ1v) is 9.94. The topological polar surface area (TPSA) is 121 Å². The molecule has 0 saturated heterocycles. The molecule has 0 unspecified atom stereocenters. The Labute approximate surface area is 170 Å². The van der Waals surface area contributed by atoms with Crippen LogP contribution in [0.1, 0.15) is 85.0 Å². The maximum absolute atomic E-state index is 12.6. The summed E-state index contributed by atoms with van der Waals surface area (Å²) in [4.78, 5) is 40.2. The SMILES string of the molecule is Cc1[nH]c(C(=O)O[C@H](C)C(=O)NC2(C#N)CCCCC2)c(C)c1C(=O)OC(C)C. The van der Waals surface area contributed by atoms with Gasteiger partial charge in [-0.3, -0.25) is 4.79 Å². The average molecular weight is 403 g/mol. The van der Waals surface area contributed by atoms with Gasteiger partial charge < -0.3 is 19.8 Å². The highest BCUT2D eigenvalue weighted by Crippen LogP contribution is 2.28. The lowest BCUT2D eigenvalue weighted by atomic mass is 9.83. The summed E-state index contributed by atoms with van der Waals surface area (Å²) in [5, 5.41) is 12.2. The molecule has 8 nitrogen and oxygen atoms in total. The molecule has 0 radical (unpaired) electrons. The highest BCUT2D eigenvalue weighted by molar-refractivity contribution is 5.99. The van der Waals surface area contributed by atoms with E-state index in [1.54, 1.807) is 27.7 Å². The van der Waals surface area contributed by atoms with Gasteiger partial charge in [-0.05, 0) is 53.0 Å². The lowest BCUT2D eigenvalue weighted by molar-refractivity contribution is -0.130. The Hall–Kier alpha value is -2.82. The van der Waals surface area contributed by atoms with Crippen LogP contribution in [0, 0.1) is 25.2 Å². The van der Waals surface area contributed by atoms with Crippen molar-refractivity contribution in [1.29, 1.82) is 5.26 Å². The number of hydrogen-bond acceptors (Lipinski definition) is 6. The number of esters is 2. The van der Waals surface area contributed by atoms with Crippen LogP contribution in [-0.2, 0) is 14.3 Å². The third kappa shape index (κ3) is 5.17. The maximum atomic E-state index is 12.6. The Morgan fingerprint density at radius 2 is 1.69 bits per heavy atom. The second-order valence-corrected chi connectivity index (χ2v) is 7.87. The molecule has 0 aromatic carbocycles. The summed E-state index contributed by atoms with van der Waals surface area (Å²) in [5.74, 6) is -1.78. The molecular weight excluding hydrogens is 374 g/mol. The number of carbonyl (C=O) groups excluding carboxylic acids is 3. The van der Waals surface area contributed by atoms with E-state index in [1.165, 1.54) is 6.92 Å². The fourth-order valence-electron chi connectivity index (χ4n) is 3.56. The highest BCUT2D eigenvalue weighted by atomic mass is 16.6. The first-order valence-electron chi connectivity index (χ1n) is 9.94. The summed E-state index contributed by atoms with van der Waals surface area (Å²) in [6, 6.07) is 2.21. The minimum absolute atomic E-state index is 0.102. The Morgan fingerprint density at radius 3 is 2.24 bits per heavy atom. The molecule has 1 amide bonds. The van der Waals surface area contributed by atoms with E-state index in [0.29, 0.717) is 24.1 Å². The molecule has 1 atom stereocenters. The lowest BCUT2D eigenvalue weighted by Gasteiger charge is -2.32. The van der Waals surface area contributed by atoms with Crippen molar-refractivity contribution >= 4 is 17.8 Å². The quantitative estimate of drug-likeness (QED) is 0.704. The van der Waals surface area contributed by atoms with Crippen molar-refractivity contribution < 1.29 is 23.9 Å². The second kappa shape index (κ2) is 9.12. The molecule has 2 N–H and O–H groups in total. The van der Waals surface area contributed by atoms with Crippen LogP contribution in [0.3, 0.4) is 0 Å². The van der Waals surface area contributed by atoms with Crippen molar-refractivity contribution in [2.75, 3.05) is 0 Å². The molecule has 0 aliphatic heterocycles. The van der Waals surface area contributed by atoms with Crippen molar-refractivity contribution in [3.63, 3.8) is 0 Å². The predicted molar refractivity (Wildman–Crippen MR) is 105 cm³/mol. The van der Waals surface area contributed by atoms with Gasteiger partial charge in [-0.25, -0.2) is 9.59 Å². The van der Waals surface area contributed by atoms with Crippen LogP contribution in [0.5, 0.6) is 0 Å². The molecule has 1 fully saturated rings. The normalized spacial score (nSPS) is 16.6. The molecule has 1 aliphatic rings. The Morgan fingerprint density at radius 1 is 1.07 bits per heavy atom. The van der Waals surface area contributed by atoms with Crippen LogP contribution in [0.15, 0.2) is 0 Å². The summed E-state index contributed by atoms with van der Waals surface area (Å²) in [6.07, 6.45) is 2.59. The van der Waals surface area contributed by atoms with E-state index in [-0.39, 0.29) is 17.4 Å². The molecule has 0 bridgehead atoms. The van der Waals surface area contributed by atoms with E-state index in [0.717, 1.165) is 19.3 Å². The van der Waals surface area contributed by atoms with Crippen molar-refractivity contribution in [2.45, 2.75) is 84.5 Å². The van der Waals surface area contributed by atoms with E-state index in [1.807, 2.05) is 0 Å². The zero-order chi connectivity index (χ0) is 21.8. The summed E-state index contributed by atoms with van der Waals surface area (Å²) in [5.41, 5.74) is 0.385. The number of H-pyrrole nitrogens is 1. The van der Waals surface area contributed by atoms with E-state index >= 15 is 0 Å². The van der Waals surface area contributed by atoms with Crippen molar-refractivity contribution in [1.82, 2.24) is 10.3 Å². The molecule has 0 spiro atoms. The van der Waals surface area contributed by atoms with Gasteiger partial charge in [0.15, 0.2) is 6.10 Å². The van der Waals surface area contributed by atoms with E-state index < -0.39 is 29.5 Å². The van der Waals surface area contributed by atoms with Crippen LogP contribution in [0.4, 0.5) is 0 Å². The first kappa shape index (κ1) is 22.5. The second-order valence-electron chi connectivity index (χ2n) is 7.87. The van der Waals surface area contributed by atoms with Gasteiger partial charge in [-0.2, -0.15) is 5.26 Å². The first-order chi connectivity index (χ1) is 13.6. The van der Waals surface area contributed by atoms with Gasteiger partial charge in [0.2, 0.25) is 0 Å². The molecule has 1 aromatic rings. The summed E-state index contributed by atoms with van der Waals surface area (Å²) >= 11 is 0. The number of amides is 1. The van der Waals surface area contributed by atoms with E-state index in [4.69, 9.17) is 9.47 Å². The summed E-state index contributed by atoms with van der Waals surface area (Å²) in [6.45, 7) is 8.22. The number of nitrogens with one attached hydrogen (secondary N) is 2. The largest absolute Gasteiger partial charge is 0.459 e. The number of aromatic nitrogens is 1. The van der Waals surface area contributed by atoms with Gasteiger partial charge in [0.1, 0.15) is 11.2 Å². The van der Waals surface area contributed by atoms with Crippen LogP contribution in [-0.4, -0.2) is 40.6 Å². The number of rotatable bonds is 6. The number of carbonyl (C=O) groups is 3. The third-order valence-electron chi connectivity index (χ3n) is 5.13. The third-order valence-corrected chi connectivity index (χ3v) is 5.13. The highest BCUT2D eigenvalue weighted by Gasteiger charge is 2.36. The molecular formula is C21H29N3O5. The monoisotopic (exact) mass is 403 g/mol. The van der Waals surface area contributed by atoms with Gasteiger partial charge in [0, 0.05) is 5.69 Å². The zero-order valence-electron chi connectivity index (χ0n) is 17.7. The molecule has 1 saturated carbocycles. The van der Waals surface area contributed by atoms with Gasteiger partial charge in [-0.15, -0.1) is 0 Å². The molecule has 2 rings (SSSR count). The number of hydrogen-bond donors (Lipinski definition) is 2. The summed E-state index contributed by atoms with van der Waals surface area (Å²) < 4.78 is 10.5. The number of nitriles is 1. The maximum Gasteiger partial charge on any atom is 0.355 e. The van der Waals surface area contributed by atoms with Gasteiger partial charge in [0.25, 0.3) is 5.91 Å². The van der Waals surface area contributed by atoms with Crippen LogP contribution < -0.4 is 5.32 Å². The van der Waals surface area contributed by atoms with E-state index in [9.17, 15) is 19.6 Å².